The average Bonchev–Trinajstić information content (AvgIpc) is 2.81. The van der Waals surface area contributed by atoms with E-state index < -0.39 is 0 Å². The summed E-state index contributed by atoms with van der Waals surface area (Å²) in [7, 11) is 0. The van der Waals surface area contributed by atoms with Crippen LogP contribution in [0.25, 0.3) is 6.08 Å². The summed E-state index contributed by atoms with van der Waals surface area (Å²) in [6.07, 6.45) is 7.84. The summed E-state index contributed by atoms with van der Waals surface area (Å²) in [5, 5.41) is 17.3. The third kappa shape index (κ3) is 1.07. The highest BCUT2D eigenvalue weighted by Crippen LogP contribution is 2.51. The number of rotatable bonds is 1. The molecule has 15 heavy (non-hydrogen) atoms. The van der Waals surface area contributed by atoms with Crippen LogP contribution in [0.3, 0.4) is 0 Å². The first-order valence-electron chi connectivity index (χ1n) is 5.67. The molecular weight excluding hydrogens is 188 g/mol. The van der Waals surface area contributed by atoms with E-state index in [0.717, 1.165) is 31.4 Å². The quantitative estimate of drug-likeness (QED) is 0.734. The van der Waals surface area contributed by atoms with Crippen LogP contribution in [-0.2, 0) is 6.42 Å². The summed E-state index contributed by atoms with van der Waals surface area (Å²) in [5.74, 6) is 0. The summed E-state index contributed by atoms with van der Waals surface area (Å²) in [6, 6.07) is 0. The summed E-state index contributed by atoms with van der Waals surface area (Å²) in [5.41, 5.74) is 3.82. The third-order valence-corrected chi connectivity index (χ3v) is 4.17. The molecule has 0 radical (unpaired) electrons. The predicted molar refractivity (Wildman–Crippen MR) is 58.2 cm³/mol. The van der Waals surface area contributed by atoms with Crippen LogP contribution in [0.5, 0.6) is 0 Å². The lowest BCUT2D eigenvalue weighted by Gasteiger charge is -2.35. The van der Waals surface area contributed by atoms with Crippen molar-refractivity contribution in [1.82, 2.24) is 10.2 Å². The lowest BCUT2D eigenvalue weighted by molar-refractivity contribution is 0.0684. The highest BCUT2D eigenvalue weighted by atomic mass is 16.3. The molecule has 3 rings (SSSR count). The van der Waals surface area contributed by atoms with Crippen LogP contribution in [0.2, 0.25) is 0 Å². The number of fused-ring (bicyclic) bond motifs is 2. The van der Waals surface area contributed by atoms with E-state index in [-0.39, 0.29) is 11.5 Å². The van der Waals surface area contributed by atoms with Crippen LogP contribution in [0.1, 0.15) is 37.4 Å². The van der Waals surface area contributed by atoms with Crippen molar-refractivity contribution in [3.8, 4) is 0 Å². The van der Waals surface area contributed by atoms with Crippen molar-refractivity contribution in [2.24, 2.45) is 5.41 Å². The van der Waals surface area contributed by atoms with E-state index in [1.165, 1.54) is 11.1 Å². The molecule has 1 heterocycles. The van der Waals surface area contributed by atoms with Crippen LogP contribution in [0.4, 0.5) is 0 Å². The number of nitrogens with zero attached hydrogens (tertiary/aromatic N) is 1. The topological polar surface area (TPSA) is 48.9 Å². The Labute approximate surface area is 89.2 Å². The summed E-state index contributed by atoms with van der Waals surface area (Å²) < 4.78 is 0. The Kier molecular flexibility index (Phi) is 1.80. The van der Waals surface area contributed by atoms with Crippen molar-refractivity contribution in [2.75, 3.05) is 0 Å². The molecule has 1 saturated carbocycles. The van der Waals surface area contributed by atoms with Crippen molar-refractivity contribution in [3.63, 3.8) is 0 Å². The molecule has 1 aromatic heterocycles. The standard InChI is InChI=1S/C12H16N2O/c1-2-12-6-8-7-13-14-10(8)5-9(12)3-4-11(12)15/h5,7,11,15H,2-4,6H2,1H3,(H,13,14). The molecule has 1 fully saturated rings. The maximum atomic E-state index is 10.2. The molecule has 0 aromatic carbocycles. The molecule has 2 aliphatic carbocycles. The van der Waals surface area contributed by atoms with Crippen molar-refractivity contribution in [2.45, 2.75) is 38.7 Å². The molecular formula is C12H16N2O. The molecule has 2 atom stereocenters. The fraction of sp³-hybridized carbons (Fsp3) is 0.583. The van der Waals surface area contributed by atoms with Gasteiger partial charge in [0.1, 0.15) is 0 Å². The zero-order valence-electron chi connectivity index (χ0n) is 8.95. The van der Waals surface area contributed by atoms with E-state index in [0.29, 0.717) is 0 Å². The second-order valence-corrected chi connectivity index (χ2v) is 4.72. The van der Waals surface area contributed by atoms with E-state index in [1.807, 2.05) is 6.20 Å². The number of nitrogens with one attached hydrogen (secondary N) is 1. The maximum Gasteiger partial charge on any atom is 0.0639 e. The minimum atomic E-state index is -0.170. The van der Waals surface area contributed by atoms with Crippen molar-refractivity contribution in [1.29, 1.82) is 0 Å². The van der Waals surface area contributed by atoms with Crippen LogP contribution < -0.4 is 0 Å². The first-order chi connectivity index (χ1) is 7.26. The molecule has 2 aliphatic rings. The molecule has 2 N–H and O–H groups in total. The van der Waals surface area contributed by atoms with Gasteiger partial charge in [0.15, 0.2) is 0 Å². The van der Waals surface area contributed by atoms with E-state index >= 15 is 0 Å². The minimum Gasteiger partial charge on any atom is -0.392 e. The zero-order chi connectivity index (χ0) is 10.5. The fourth-order valence-corrected chi connectivity index (χ4v) is 3.17. The monoisotopic (exact) mass is 204 g/mol. The van der Waals surface area contributed by atoms with Gasteiger partial charge in [-0.15, -0.1) is 0 Å². The summed E-state index contributed by atoms with van der Waals surface area (Å²) in [6.45, 7) is 2.17. The predicted octanol–water partition coefficient (Wildman–Crippen LogP) is 1.90. The Morgan fingerprint density at radius 2 is 2.53 bits per heavy atom. The van der Waals surface area contributed by atoms with Gasteiger partial charge in [-0.2, -0.15) is 5.10 Å². The number of aliphatic hydroxyl groups excluding tert-OH is 1. The van der Waals surface area contributed by atoms with Gasteiger partial charge in [0.2, 0.25) is 0 Å². The van der Waals surface area contributed by atoms with Gasteiger partial charge in [-0.25, -0.2) is 0 Å². The average molecular weight is 204 g/mol. The van der Waals surface area contributed by atoms with Gasteiger partial charge in [0.25, 0.3) is 0 Å². The molecule has 1 aromatic rings. The smallest absolute Gasteiger partial charge is 0.0639 e. The molecule has 0 saturated heterocycles. The molecule has 3 nitrogen and oxygen atoms in total. The molecule has 0 bridgehead atoms. The van der Waals surface area contributed by atoms with Gasteiger partial charge in [0, 0.05) is 5.41 Å². The second-order valence-electron chi connectivity index (χ2n) is 4.72. The van der Waals surface area contributed by atoms with E-state index in [2.05, 4.69) is 23.2 Å². The third-order valence-electron chi connectivity index (χ3n) is 4.17. The van der Waals surface area contributed by atoms with Gasteiger partial charge >= 0.3 is 0 Å². The second kappa shape index (κ2) is 2.95. The minimum absolute atomic E-state index is 0.0108. The summed E-state index contributed by atoms with van der Waals surface area (Å²) >= 11 is 0. The number of hydrogen-bond donors (Lipinski definition) is 2. The molecule has 80 valence electrons. The summed E-state index contributed by atoms with van der Waals surface area (Å²) in [4.78, 5) is 0. The first-order valence-corrected chi connectivity index (χ1v) is 5.67. The Morgan fingerprint density at radius 3 is 3.33 bits per heavy atom. The number of hydrogen-bond acceptors (Lipinski definition) is 2. The van der Waals surface area contributed by atoms with Gasteiger partial charge in [-0.05, 0) is 37.3 Å². The highest BCUT2D eigenvalue weighted by Gasteiger charge is 2.46. The van der Waals surface area contributed by atoms with Crippen molar-refractivity contribution < 1.29 is 5.11 Å². The molecule has 2 unspecified atom stereocenters. The molecule has 0 aliphatic heterocycles. The van der Waals surface area contributed by atoms with Gasteiger partial charge < -0.3 is 5.11 Å². The Balaban J connectivity index is 2.12. The maximum absolute atomic E-state index is 10.2. The van der Waals surface area contributed by atoms with Gasteiger partial charge in [-0.3, -0.25) is 5.10 Å². The van der Waals surface area contributed by atoms with Crippen molar-refractivity contribution in [3.05, 3.63) is 23.0 Å². The molecule has 0 amide bonds. The Hall–Kier alpha value is -1.09. The number of aromatic amines is 1. The highest BCUT2D eigenvalue weighted by molar-refractivity contribution is 5.59. The lowest BCUT2D eigenvalue weighted by atomic mass is 9.70. The fourth-order valence-electron chi connectivity index (χ4n) is 3.17. The largest absolute Gasteiger partial charge is 0.392 e. The normalized spacial score (nSPS) is 33.5. The van der Waals surface area contributed by atoms with E-state index in [1.54, 1.807) is 0 Å². The van der Waals surface area contributed by atoms with E-state index in [4.69, 9.17) is 0 Å². The van der Waals surface area contributed by atoms with Crippen LogP contribution >= 0.6 is 0 Å². The number of H-pyrrole nitrogens is 1. The van der Waals surface area contributed by atoms with Crippen molar-refractivity contribution >= 4 is 6.08 Å². The Bertz CT molecular complexity index is 421. The first kappa shape index (κ1) is 9.16. The van der Waals surface area contributed by atoms with Gasteiger partial charge in [-0.1, -0.05) is 12.5 Å². The van der Waals surface area contributed by atoms with Gasteiger partial charge in [0.05, 0.1) is 18.0 Å². The van der Waals surface area contributed by atoms with Crippen LogP contribution in [0, 0.1) is 5.41 Å². The zero-order valence-corrected chi connectivity index (χ0v) is 8.95. The van der Waals surface area contributed by atoms with Crippen LogP contribution in [-0.4, -0.2) is 21.4 Å². The molecule has 3 heteroatoms. The van der Waals surface area contributed by atoms with E-state index in [9.17, 15) is 5.11 Å². The number of aliphatic hydroxyl groups is 1. The number of aromatic nitrogens is 2. The Morgan fingerprint density at radius 1 is 1.67 bits per heavy atom. The SMILES string of the molecule is CCC12Cc3cn[nH]c3C=C1CCC2O. The van der Waals surface area contributed by atoms with Crippen LogP contribution in [0.15, 0.2) is 11.8 Å². The lowest BCUT2D eigenvalue weighted by Crippen LogP contribution is -2.34. The molecule has 0 spiro atoms.